The van der Waals surface area contributed by atoms with Crippen molar-refractivity contribution in [1.82, 2.24) is 9.88 Å². The van der Waals surface area contributed by atoms with Gasteiger partial charge in [-0.05, 0) is 25.1 Å². The monoisotopic (exact) mass is 279 g/mol. The highest BCUT2D eigenvalue weighted by Crippen LogP contribution is 2.21. The van der Waals surface area contributed by atoms with Crippen molar-refractivity contribution in [2.45, 2.75) is 6.42 Å². The third kappa shape index (κ3) is 3.93. The van der Waals surface area contributed by atoms with Crippen LogP contribution in [-0.2, 0) is 0 Å². The molecule has 6 heteroatoms. The summed E-state index contributed by atoms with van der Waals surface area (Å²) in [5.74, 6) is 0.826. The SMILES string of the molecule is OCCN(CCO)CCCNc1nccc2occc12. The molecule has 0 spiro atoms. The van der Waals surface area contributed by atoms with E-state index < -0.39 is 0 Å². The Bertz CT molecular complexity index is 509. The number of hydrogen-bond acceptors (Lipinski definition) is 6. The van der Waals surface area contributed by atoms with Crippen molar-refractivity contribution in [2.75, 3.05) is 44.7 Å². The number of hydrogen-bond donors (Lipinski definition) is 3. The normalized spacial score (nSPS) is 11.3. The van der Waals surface area contributed by atoms with Crippen molar-refractivity contribution >= 4 is 16.8 Å². The summed E-state index contributed by atoms with van der Waals surface area (Å²) in [7, 11) is 0. The van der Waals surface area contributed by atoms with Crippen LogP contribution >= 0.6 is 0 Å². The van der Waals surface area contributed by atoms with Crippen LogP contribution in [0.3, 0.4) is 0 Å². The molecule has 0 bridgehead atoms. The summed E-state index contributed by atoms with van der Waals surface area (Å²) in [6, 6.07) is 3.74. The number of pyridine rings is 1. The van der Waals surface area contributed by atoms with E-state index in [1.54, 1.807) is 12.5 Å². The van der Waals surface area contributed by atoms with E-state index in [1.807, 2.05) is 17.0 Å². The van der Waals surface area contributed by atoms with E-state index in [0.29, 0.717) is 13.1 Å². The predicted octanol–water partition coefficient (Wildman–Crippen LogP) is 0.916. The summed E-state index contributed by atoms with van der Waals surface area (Å²) in [4.78, 5) is 6.34. The maximum absolute atomic E-state index is 8.93. The summed E-state index contributed by atoms with van der Waals surface area (Å²) >= 11 is 0. The van der Waals surface area contributed by atoms with Crippen LogP contribution in [0.2, 0.25) is 0 Å². The van der Waals surface area contributed by atoms with E-state index in [4.69, 9.17) is 14.6 Å². The van der Waals surface area contributed by atoms with Gasteiger partial charge in [-0.1, -0.05) is 0 Å². The molecule has 0 fully saturated rings. The molecular formula is C14H21N3O3. The molecule has 2 aromatic rings. The van der Waals surface area contributed by atoms with Gasteiger partial charge in [-0.2, -0.15) is 0 Å². The number of fused-ring (bicyclic) bond motifs is 1. The van der Waals surface area contributed by atoms with Crippen LogP contribution in [0.1, 0.15) is 6.42 Å². The lowest BCUT2D eigenvalue weighted by molar-refractivity contribution is 0.161. The Morgan fingerprint density at radius 3 is 2.70 bits per heavy atom. The Balaban J connectivity index is 1.79. The first-order chi connectivity index (χ1) is 9.85. The highest BCUT2D eigenvalue weighted by atomic mass is 16.3. The summed E-state index contributed by atoms with van der Waals surface area (Å²) in [6.45, 7) is 3.03. The highest BCUT2D eigenvalue weighted by molar-refractivity contribution is 5.87. The van der Waals surface area contributed by atoms with Gasteiger partial charge in [0.15, 0.2) is 0 Å². The number of nitrogens with zero attached hydrogens (tertiary/aromatic N) is 2. The maximum atomic E-state index is 8.93. The van der Waals surface area contributed by atoms with Crippen LogP contribution < -0.4 is 5.32 Å². The molecule has 0 aliphatic rings. The predicted molar refractivity (Wildman–Crippen MR) is 77.7 cm³/mol. The van der Waals surface area contributed by atoms with Gasteiger partial charge < -0.3 is 19.9 Å². The van der Waals surface area contributed by atoms with Gasteiger partial charge in [-0.3, -0.25) is 4.90 Å². The molecule has 0 radical (unpaired) electrons. The quantitative estimate of drug-likeness (QED) is 0.592. The molecule has 0 amide bonds. The first-order valence-electron chi connectivity index (χ1n) is 6.85. The number of aliphatic hydroxyl groups excluding tert-OH is 2. The van der Waals surface area contributed by atoms with Gasteiger partial charge in [0, 0.05) is 25.8 Å². The maximum Gasteiger partial charge on any atom is 0.139 e. The largest absolute Gasteiger partial charge is 0.464 e. The smallest absolute Gasteiger partial charge is 0.139 e. The fourth-order valence-corrected chi connectivity index (χ4v) is 2.16. The Morgan fingerprint density at radius 1 is 1.15 bits per heavy atom. The molecule has 0 saturated heterocycles. The number of aromatic nitrogens is 1. The molecular weight excluding hydrogens is 258 g/mol. The van der Waals surface area contributed by atoms with Gasteiger partial charge in [0.1, 0.15) is 11.4 Å². The van der Waals surface area contributed by atoms with Crippen LogP contribution in [-0.4, -0.2) is 59.5 Å². The highest BCUT2D eigenvalue weighted by Gasteiger charge is 2.05. The Hall–Kier alpha value is -1.63. The van der Waals surface area contributed by atoms with Gasteiger partial charge in [-0.25, -0.2) is 4.98 Å². The summed E-state index contributed by atoms with van der Waals surface area (Å²) in [5.41, 5.74) is 0.824. The lowest BCUT2D eigenvalue weighted by Gasteiger charge is -2.20. The second-order valence-electron chi connectivity index (χ2n) is 4.56. The molecule has 2 heterocycles. The van der Waals surface area contributed by atoms with E-state index in [-0.39, 0.29) is 13.2 Å². The zero-order valence-electron chi connectivity index (χ0n) is 11.5. The van der Waals surface area contributed by atoms with E-state index in [0.717, 1.165) is 36.3 Å². The third-order valence-electron chi connectivity index (χ3n) is 3.16. The van der Waals surface area contributed by atoms with Crippen molar-refractivity contribution in [1.29, 1.82) is 0 Å². The number of nitrogens with one attached hydrogen (secondary N) is 1. The molecule has 6 nitrogen and oxygen atoms in total. The minimum atomic E-state index is 0.114. The van der Waals surface area contributed by atoms with Crippen molar-refractivity contribution in [3.63, 3.8) is 0 Å². The van der Waals surface area contributed by atoms with Crippen molar-refractivity contribution in [2.24, 2.45) is 0 Å². The molecule has 0 unspecified atom stereocenters. The van der Waals surface area contributed by atoms with Crippen LogP contribution in [0.25, 0.3) is 11.0 Å². The summed E-state index contributed by atoms with van der Waals surface area (Å²) < 4.78 is 5.32. The van der Waals surface area contributed by atoms with Gasteiger partial charge >= 0.3 is 0 Å². The summed E-state index contributed by atoms with van der Waals surface area (Å²) in [6.07, 6.45) is 4.29. The minimum Gasteiger partial charge on any atom is -0.464 e. The molecule has 0 aromatic carbocycles. The fraction of sp³-hybridized carbons (Fsp3) is 0.500. The Labute approximate surface area is 118 Å². The van der Waals surface area contributed by atoms with Crippen LogP contribution in [0.5, 0.6) is 0 Å². The zero-order chi connectivity index (χ0) is 14.2. The van der Waals surface area contributed by atoms with Gasteiger partial charge in [-0.15, -0.1) is 0 Å². The molecule has 110 valence electrons. The van der Waals surface area contributed by atoms with Crippen LogP contribution in [0.4, 0.5) is 5.82 Å². The second-order valence-corrected chi connectivity index (χ2v) is 4.56. The molecule has 2 aromatic heterocycles. The van der Waals surface area contributed by atoms with E-state index in [1.165, 1.54) is 0 Å². The number of anilines is 1. The molecule has 2 rings (SSSR count). The summed E-state index contributed by atoms with van der Waals surface area (Å²) in [5, 5.41) is 22.1. The van der Waals surface area contributed by atoms with Gasteiger partial charge in [0.25, 0.3) is 0 Å². The third-order valence-corrected chi connectivity index (χ3v) is 3.16. The Kier molecular flexibility index (Phi) is 5.79. The zero-order valence-corrected chi connectivity index (χ0v) is 11.5. The average Bonchev–Trinajstić information content (AvgIpc) is 2.93. The number of rotatable bonds is 9. The van der Waals surface area contributed by atoms with Crippen molar-refractivity contribution < 1.29 is 14.6 Å². The van der Waals surface area contributed by atoms with Crippen LogP contribution in [0.15, 0.2) is 29.0 Å². The van der Waals surface area contributed by atoms with E-state index in [9.17, 15) is 0 Å². The van der Waals surface area contributed by atoms with Gasteiger partial charge in [0.2, 0.25) is 0 Å². The first kappa shape index (κ1) is 14.8. The molecule has 0 aliphatic heterocycles. The first-order valence-corrected chi connectivity index (χ1v) is 6.85. The molecule has 0 atom stereocenters. The average molecular weight is 279 g/mol. The second kappa shape index (κ2) is 7.84. The Morgan fingerprint density at radius 2 is 1.95 bits per heavy atom. The minimum absolute atomic E-state index is 0.114. The fourth-order valence-electron chi connectivity index (χ4n) is 2.16. The molecule has 0 saturated carbocycles. The van der Waals surface area contributed by atoms with Crippen molar-refractivity contribution in [3.8, 4) is 0 Å². The topological polar surface area (TPSA) is 81.8 Å². The lowest BCUT2D eigenvalue weighted by atomic mass is 10.3. The van der Waals surface area contributed by atoms with Crippen LogP contribution in [0, 0.1) is 0 Å². The number of aliphatic hydroxyl groups is 2. The van der Waals surface area contributed by atoms with E-state index >= 15 is 0 Å². The molecule has 3 N–H and O–H groups in total. The van der Waals surface area contributed by atoms with E-state index in [2.05, 4.69) is 10.3 Å². The van der Waals surface area contributed by atoms with Gasteiger partial charge in [0.05, 0.1) is 24.9 Å². The standard InChI is InChI=1S/C14H21N3O3/c18-9-7-17(8-10-19)6-1-4-15-14-12-3-11-20-13(12)2-5-16-14/h2-3,5,11,18-19H,1,4,6-10H2,(H,15,16). The molecule has 0 aliphatic carbocycles. The lowest BCUT2D eigenvalue weighted by Crippen LogP contribution is -2.31. The van der Waals surface area contributed by atoms with Crippen molar-refractivity contribution in [3.05, 3.63) is 24.6 Å². The molecule has 20 heavy (non-hydrogen) atoms. The number of furan rings is 1.